The van der Waals surface area contributed by atoms with Crippen molar-refractivity contribution in [3.63, 3.8) is 0 Å². The summed E-state index contributed by atoms with van der Waals surface area (Å²) in [7, 11) is 0. The van der Waals surface area contributed by atoms with Crippen molar-refractivity contribution in [3.8, 4) is 0 Å². The first-order valence-corrected chi connectivity index (χ1v) is 3.39. The maximum atomic E-state index is 10.2. The maximum absolute atomic E-state index is 10.2. The number of carboxylic acid groups (broad SMARTS) is 2. The SMILES string of the molecule is O=C(O)CN(CC(=O)O)C1CO1. The summed E-state index contributed by atoms with van der Waals surface area (Å²) in [4.78, 5) is 21.7. The second-order valence-electron chi connectivity index (χ2n) is 2.48. The van der Waals surface area contributed by atoms with E-state index < -0.39 is 11.9 Å². The zero-order chi connectivity index (χ0) is 9.14. The molecule has 1 fully saturated rings. The van der Waals surface area contributed by atoms with E-state index in [4.69, 9.17) is 14.9 Å². The monoisotopic (exact) mass is 175 g/mol. The van der Waals surface area contributed by atoms with Gasteiger partial charge in [0.15, 0.2) is 0 Å². The van der Waals surface area contributed by atoms with Crippen LogP contribution >= 0.6 is 0 Å². The van der Waals surface area contributed by atoms with Crippen molar-refractivity contribution >= 4 is 11.9 Å². The fourth-order valence-electron chi connectivity index (χ4n) is 0.861. The molecule has 0 radical (unpaired) electrons. The molecule has 1 rings (SSSR count). The van der Waals surface area contributed by atoms with Crippen molar-refractivity contribution in [2.24, 2.45) is 0 Å². The van der Waals surface area contributed by atoms with Gasteiger partial charge in [-0.3, -0.25) is 14.5 Å². The fraction of sp³-hybridized carbons (Fsp3) is 0.667. The second kappa shape index (κ2) is 3.51. The van der Waals surface area contributed by atoms with Gasteiger partial charge in [-0.25, -0.2) is 0 Å². The van der Waals surface area contributed by atoms with Crippen LogP contribution in [0.25, 0.3) is 0 Å². The van der Waals surface area contributed by atoms with E-state index in [9.17, 15) is 9.59 Å². The first-order valence-electron chi connectivity index (χ1n) is 3.39. The summed E-state index contributed by atoms with van der Waals surface area (Å²) in [5.41, 5.74) is 0. The van der Waals surface area contributed by atoms with Gasteiger partial charge in [-0.1, -0.05) is 0 Å². The van der Waals surface area contributed by atoms with Gasteiger partial charge in [0.2, 0.25) is 0 Å². The highest BCUT2D eigenvalue weighted by molar-refractivity contribution is 5.72. The predicted molar refractivity (Wildman–Crippen MR) is 36.6 cm³/mol. The molecule has 1 saturated heterocycles. The molecule has 0 spiro atoms. The number of hydrogen-bond donors (Lipinski definition) is 2. The van der Waals surface area contributed by atoms with Crippen molar-refractivity contribution in [2.75, 3.05) is 19.7 Å². The van der Waals surface area contributed by atoms with Gasteiger partial charge in [-0.15, -0.1) is 0 Å². The van der Waals surface area contributed by atoms with E-state index in [1.54, 1.807) is 0 Å². The number of hydrogen-bond acceptors (Lipinski definition) is 4. The summed E-state index contributed by atoms with van der Waals surface area (Å²) in [5.74, 6) is -2.10. The van der Waals surface area contributed by atoms with Crippen molar-refractivity contribution in [1.29, 1.82) is 0 Å². The molecule has 2 N–H and O–H groups in total. The van der Waals surface area contributed by atoms with Crippen LogP contribution in [0.3, 0.4) is 0 Å². The highest BCUT2D eigenvalue weighted by Gasteiger charge is 2.32. The lowest BCUT2D eigenvalue weighted by atomic mass is 10.4. The molecule has 0 aromatic rings. The molecular formula is C6H9NO5. The number of carboxylic acids is 2. The molecule has 1 unspecified atom stereocenters. The highest BCUT2D eigenvalue weighted by Crippen LogP contribution is 2.14. The minimum absolute atomic E-state index is 0.295. The molecule has 1 aliphatic heterocycles. The van der Waals surface area contributed by atoms with Crippen LogP contribution < -0.4 is 0 Å². The third-order valence-electron chi connectivity index (χ3n) is 1.40. The van der Waals surface area contributed by atoms with Crippen molar-refractivity contribution in [3.05, 3.63) is 0 Å². The molecule has 68 valence electrons. The second-order valence-corrected chi connectivity index (χ2v) is 2.48. The van der Waals surface area contributed by atoms with E-state index in [2.05, 4.69) is 0 Å². The number of epoxide rings is 1. The normalized spacial score (nSPS) is 20.9. The van der Waals surface area contributed by atoms with Gasteiger partial charge in [0, 0.05) is 0 Å². The highest BCUT2D eigenvalue weighted by atomic mass is 16.6. The Labute approximate surface area is 68.3 Å². The molecule has 12 heavy (non-hydrogen) atoms. The van der Waals surface area contributed by atoms with E-state index in [1.807, 2.05) is 0 Å². The van der Waals surface area contributed by atoms with E-state index in [0.717, 1.165) is 0 Å². The predicted octanol–water partition coefficient (Wildman–Crippen LogP) is -1.19. The Balaban J connectivity index is 2.37. The standard InChI is InChI=1S/C6H9NO5/c8-5(9)1-7(2-6(10)11)4-3-12-4/h4H,1-3H2,(H,8,9)(H,10,11). The van der Waals surface area contributed by atoms with Gasteiger partial charge < -0.3 is 14.9 Å². The van der Waals surface area contributed by atoms with Crippen LogP contribution in [0.15, 0.2) is 0 Å². The Morgan fingerprint density at radius 1 is 1.33 bits per heavy atom. The molecule has 0 aliphatic carbocycles. The lowest BCUT2D eigenvalue weighted by Crippen LogP contribution is -2.36. The lowest BCUT2D eigenvalue weighted by molar-refractivity contribution is -0.142. The number of aliphatic carboxylic acids is 2. The lowest BCUT2D eigenvalue weighted by Gasteiger charge is -2.13. The van der Waals surface area contributed by atoms with Gasteiger partial charge in [-0.2, -0.15) is 0 Å². The molecule has 1 aliphatic rings. The van der Waals surface area contributed by atoms with Crippen molar-refractivity contribution < 1.29 is 24.5 Å². The zero-order valence-corrected chi connectivity index (χ0v) is 6.27. The van der Waals surface area contributed by atoms with E-state index in [-0.39, 0.29) is 19.3 Å². The smallest absolute Gasteiger partial charge is 0.317 e. The summed E-state index contributed by atoms with van der Waals surface area (Å²) in [6.45, 7) is -0.172. The number of carbonyl (C=O) groups is 2. The Morgan fingerprint density at radius 3 is 2.00 bits per heavy atom. The molecule has 0 aromatic heterocycles. The molecule has 0 amide bonds. The maximum Gasteiger partial charge on any atom is 0.317 e. The molecule has 1 heterocycles. The third-order valence-corrected chi connectivity index (χ3v) is 1.40. The summed E-state index contributed by atoms with van der Waals surface area (Å²) in [6.07, 6.45) is -0.322. The van der Waals surface area contributed by atoms with Crippen molar-refractivity contribution in [1.82, 2.24) is 4.90 Å². The topological polar surface area (TPSA) is 90.4 Å². The van der Waals surface area contributed by atoms with E-state index >= 15 is 0 Å². The largest absolute Gasteiger partial charge is 0.480 e. The minimum Gasteiger partial charge on any atom is -0.480 e. The average Bonchev–Trinajstić information content (AvgIpc) is 2.63. The third kappa shape index (κ3) is 2.85. The number of ether oxygens (including phenoxy) is 1. The Kier molecular flexibility index (Phi) is 2.61. The van der Waals surface area contributed by atoms with E-state index in [1.165, 1.54) is 4.90 Å². The fourth-order valence-corrected chi connectivity index (χ4v) is 0.861. The van der Waals surface area contributed by atoms with Crippen LogP contribution in [-0.4, -0.2) is 53.0 Å². The molecule has 0 aromatic carbocycles. The Hall–Kier alpha value is -1.14. The summed E-state index contributed by atoms with van der Waals surface area (Å²) in [5, 5.41) is 16.8. The molecule has 6 heteroatoms. The van der Waals surface area contributed by atoms with Gasteiger partial charge in [-0.05, 0) is 0 Å². The van der Waals surface area contributed by atoms with Crippen LogP contribution in [0.5, 0.6) is 0 Å². The quantitative estimate of drug-likeness (QED) is 0.511. The molecule has 0 saturated carbocycles. The van der Waals surface area contributed by atoms with Crippen LogP contribution in [-0.2, 0) is 14.3 Å². The first kappa shape index (κ1) is 8.95. The molecule has 1 atom stereocenters. The Bertz CT molecular complexity index is 184. The first-order chi connectivity index (χ1) is 5.59. The van der Waals surface area contributed by atoms with E-state index in [0.29, 0.717) is 6.61 Å². The molecule has 0 bridgehead atoms. The molecule has 6 nitrogen and oxygen atoms in total. The number of rotatable bonds is 5. The van der Waals surface area contributed by atoms with Gasteiger partial charge in [0.1, 0.15) is 6.23 Å². The van der Waals surface area contributed by atoms with Gasteiger partial charge in [0.05, 0.1) is 19.7 Å². The van der Waals surface area contributed by atoms with Gasteiger partial charge in [0.25, 0.3) is 0 Å². The van der Waals surface area contributed by atoms with Gasteiger partial charge >= 0.3 is 11.9 Å². The average molecular weight is 175 g/mol. The Morgan fingerprint density at radius 2 is 1.75 bits per heavy atom. The van der Waals surface area contributed by atoms with Crippen molar-refractivity contribution in [2.45, 2.75) is 6.23 Å². The summed E-state index contributed by atoms with van der Waals surface area (Å²) >= 11 is 0. The summed E-state index contributed by atoms with van der Waals surface area (Å²) in [6, 6.07) is 0. The molecular weight excluding hydrogens is 166 g/mol. The minimum atomic E-state index is -1.05. The van der Waals surface area contributed by atoms with Crippen LogP contribution in [0.4, 0.5) is 0 Å². The zero-order valence-electron chi connectivity index (χ0n) is 6.27. The van der Waals surface area contributed by atoms with Crippen LogP contribution in [0, 0.1) is 0 Å². The number of nitrogens with zero attached hydrogens (tertiary/aromatic N) is 1. The summed E-state index contributed by atoms with van der Waals surface area (Å²) < 4.78 is 4.77. The van der Waals surface area contributed by atoms with Crippen LogP contribution in [0.1, 0.15) is 0 Å². The van der Waals surface area contributed by atoms with Crippen LogP contribution in [0.2, 0.25) is 0 Å².